The maximum atomic E-state index is 13.5. The van der Waals surface area contributed by atoms with Gasteiger partial charge in [-0.1, -0.05) is 12.1 Å². The Kier molecular flexibility index (Phi) is 7.63. The smallest absolute Gasteiger partial charge is 0.416 e. The Hall–Kier alpha value is -4.06. The van der Waals surface area contributed by atoms with Crippen LogP contribution in [0.25, 0.3) is 11.1 Å². The van der Waals surface area contributed by atoms with E-state index in [1.54, 1.807) is 24.1 Å². The lowest BCUT2D eigenvalue weighted by Gasteiger charge is -2.43. The Morgan fingerprint density at radius 2 is 1.76 bits per heavy atom. The highest BCUT2D eigenvalue weighted by Crippen LogP contribution is 2.35. The number of methoxy groups -OCH3 is 2. The second kappa shape index (κ2) is 10.7. The van der Waals surface area contributed by atoms with Gasteiger partial charge < -0.3 is 30.1 Å². The SMILES string of the molecule is COc1cc(C(=O)N2CCN(c3cnc(N)cc3OC)C[C@@H]2[C@@H](C)O)ncc1-c1ccc(C(F)(F)F)cc1. The molecule has 0 aliphatic carbocycles. The van der Waals surface area contributed by atoms with Crippen LogP contribution in [0.2, 0.25) is 0 Å². The van der Waals surface area contributed by atoms with Gasteiger partial charge in [-0.15, -0.1) is 0 Å². The summed E-state index contributed by atoms with van der Waals surface area (Å²) in [4.78, 5) is 25.4. The average molecular weight is 532 g/mol. The summed E-state index contributed by atoms with van der Waals surface area (Å²) in [5.41, 5.74) is 6.68. The van der Waals surface area contributed by atoms with Gasteiger partial charge in [-0.2, -0.15) is 13.2 Å². The molecule has 1 saturated heterocycles. The number of hydrogen-bond acceptors (Lipinski definition) is 8. The lowest BCUT2D eigenvalue weighted by atomic mass is 10.0. The number of aromatic nitrogens is 2. The van der Waals surface area contributed by atoms with E-state index in [1.807, 2.05) is 4.90 Å². The molecule has 1 aliphatic heterocycles. The summed E-state index contributed by atoms with van der Waals surface area (Å²) >= 11 is 0. The molecule has 1 aromatic carbocycles. The first kappa shape index (κ1) is 27.0. The standard InChI is InChI=1S/C26H28F3N5O4/c1-15(35)21-14-33(20-13-32-24(30)11-23(20)38-3)8-9-34(21)25(36)19-10-22(37-2)18(12-31-19)16-4-6-17(7-5-16)26(27,28)29/h4-7,10-13,15,21,35H,8-9,14H2,1-3H3,(H2,30,32)/t15-,21-/m1/s1. The number of anilines is 2. The predicted molar refractivity (Wildman–Crippen MR) is 135 cm³/mol. The Morgan fingerprint density at radius 1 is 1.08 bits per heavy atom. The van der Waals surface area contributed by atoms with Crippen LogP contribution >= 0.6 is 0 Å². The zero-order chi connectivity index (χ0) is 27.6. The number of ether oxygens (including phenoxy) is 2. The van der Waals surface area contributed by atoms with Gasteiger partial charge in [0.1, 0.15) is 23.0 Å². The Labute approximate surface area is 217 Å². The van der Waals surface area contributed by atoms with E-state index < -0.39 is 29.8 Å². The summed E-state index contributed by atoms with van der Waals surface area (Å²) in [7, 11) is 2.93. The largest absolute Gasteiger partial charge is 0.496 e. The lowest BCUT2D eigenvalue weighted by Crippen LogP contribution is -2.59. The highest BCUT2D eigenvalue weighted by Gasteiger charge is 2.36. The van der Waals surface area contributed by atoms with Crippen LogP contribution in [0.1, 0.15) is 23.0 Å². The first-order chi connectivity index (χ1) is 18.0. The van der Waals surface area contributed by atoms with Gasteiger partial charge in [0.25, 0.3) is 5.91 Å². The van der Waals surface area contributed by atoms with Crippen molar-refractivity contribution in [2.75, 3.05) is 44.5 Å². The van der Waals surface area contributed by atoms with Crippen LogP contribution < -0.4 is 20.1 Å². The molecule has 38 heavy (non-hydrogen) atoms. The summed E-state index contributed by atoms with van der Waals surface area (Å²) in [6.45, 7) is 2.64. The lowest BCUT2D eigenvalue weighted by molar-refractivity contribution is -0.137. The number of carbonyl (C=O) groups is 1. The first-order valence-electron chi connectivity index (χ1n) is 11.8. The van der Waals surface area contributed by atoms with Gasteiger partial charge in [0, 0.05) is 43.5 Å². The van der Waals surface area contributed by atoms with E-state index in [0.29, 0.717) is 41.5 Å². The topological polar surface area (TPSA) is 114 Å². The zero-order valence-corrected chi connectivity index (χ0v) is 21.1. The van der Waals surface area contributed by atoms with E-state index in [2.05, 4.69) is 9.97 Å². The third-order valence-corrected chi connectivity index (χ3v) is 6.49. The molecule has 1 fully saturated rings. The monoisotopic (exact) mass is 531 g/mol. The molecule has 2 aromatic heterocycles. The molecule has 0 saturated carbocycles. The molecule has 0 bridgehead atoms. The number of nitrogens with two attached hydrogens (primary N) is 1. The summed E-state index contributed by atoms with van der Waals surface area (Å²) in [5, 5.41) is 10.5. The average Bonchev–Trinajstić information content (AvgIpc) is 2.91. The van der Waals surface area contributed by atoms with Gasteiger partial charge in [-0.3, -0.25) is 9.78 Å². The van der Waals surface area contributed by atoms with Crippen molar-refractivity contribution in [3.63, 3.8) is 0 Å². The number of alkyl halides is 3. The van der Waals surface area contributed by atoms with Crippen molar-refractivity contribution in [1.29, 1.82) is 0 Å². The zero-order valence-electron chi connectivity index (χ0n) is 21.1. The summed E-state index contributed by atoms with van der Waals surface area (Å²) in [5.74, 6) is 0.723. The maximum absolute atomic E-state index is 13.5. The molecule has 0 spiro atoms. The normalized spacial score (nSPS) is 16.8. The van der Waals surface area contributed by atoms with Crippen molar-refractivity contribution in [2.24, 2.45) is 0 Å². The minimum atomic E-state index is -4.45. The van der Waals surface area contributed by atoms with Gasteiger partial charge in [0.05, 0.1) is 43.8 Å². The minimum absolute atomic E-state index is 0.0864. The number of aliphatic hydroxyl groups excluding tert-OH is 1. The number of aliphatic hydroxyl groups is 1. The fourth-order valence-electron chi connectivity index (χ4n) is 4.47. The van der Waals surface area contributed by atoms with Crippen LogP contribution in [0.15, 0.2) is 48.8 Å². The number of hydrogen-bond donors (Lipinski definition) is 2. The van der Waals surface area contributed by atoms with Gasteiger partial charge in [-0.05, 0) is 24.6 Å². The second-order valence-electron chi connectivity index (χ2n) is 8.88. The fraction of sp³-hybridized carbons (Fsp3) is 0.346. The van der Waals surface area contributed by atoms with E-state index in [4.69, 9.17) is 15.2 Å². The van der Waals surface area contributed by atoms with Crippen LogP contribution in [0.3, 0.4) is 0 Å². The second-order valence-corrected chi connectivity index (χ2v) is 8.88. The molecular weight excluding hydrogens is 503 g/mol. The number of rotatable bonds is 6. The minimum Gasteiger partial charge on any atom is -0.496 e. The number of benzene rings is 1. The molecule has 202 valence electrons. The van der Waals surface area contributed by atoms with E-state index in [0.717, 1.165) is 12.1 Å². The molecule has 1 amide bonds. The van der Waals surface area contributed by atoms with Gasteiger partial charge in [0.2, 0.25) is 0 Å². The highest BCUT2D eigenvalue weighted by molar-refractivity contribution is 5.94. The van der Waals surface area contributed by atoms with Crippen molar-refractivity contribution in [1.82, 2.24) is 14.9 Å². The van der Waals surface area contributed by atoms with Crippen LogP contribution in [-0.4, -0.2) is 71.9 Å². The van der Waals surface area contributed by atoms with Crippen molar-refractivity contribution in [3.05, 3.63) is 60.0 Å². The molecule has 0 unspecified atom stereocenters. The Bertz CT molecular complexity index is 1300. The molecule has 1 aliphatic rings. The number of nitrogens with zero attached hydrogens (tertiary/aromatic N) is 4. The van der Waals surface area contributed by atoms with Crippen molar-refractivity contribution < 1.29 is 32.5 Å². The highest BCUT2D eigenvalue weighted by atomic mass is 19.4. The number of piperazine rings is 1. The molecule has 3 aromatic rings. The molecule has 2 atom stereocenters. The fourth-order valence-corrected chi connectivity index (χ4v) is 4.47. The molecular formula is C26H28F3N5O4. The summed E-state index contributed by atoms with van der Waals surface area (Å²) in [6.07, 6.45) is -2.32. The van der Waals surface area contributed by atoms with Crippen LogP contribution in [0.4, 0.5) is 24.7 Å². The third-order valence-electron chi connectivity index (χ3n) is 6.49. The molecule has 3 N–H and O–H groups in total. The van der Waals surface area contributed by atoms with Gasteiger partial charge in [-0.25, -0.2) is 4.98 Å². The maximum Gasteiger partial charge on any atom is 0.416 e. The van der Waals surface area contributed by atoms with Crippen molar-refractivity contribution in [2.45, 2.75) is 25.2 Å². The molecule has 4 rings (SSSR count). The van der Waals surface area contributed by atoms with Crippen LogP contribution in [0, 0.1) is 0 Å². The van der Waals surface area contributed by atoms with Crippen LogP contribution in [0.5, 0.6) is 11.5 Å². The Morgan fingerprint density at radius 3 is 2.37 bits per heavy atom. The van der Waals surface area contributed by atoms with Gasteiger partial charge in [0.15, 0.2) is 0 Å². The number of halogens is 3. The van der Waals surface area contributed by atoms with E-state index in [9.17, 15) is 23.1 Å². The number of amides is 1. The number of nitrogen functional groups attached to an aromatic ring is 1. The van der Waals surface area contributed by atoms with Gasteiger partial charge >= 0.3 is 6.18 Å². The van der Waals surface area contributed by atoms with E-state index in [-0.39, 0.29) is 18.0 Å². The van der Waals surface area contributed by atoms with Crippen molar-refractivity contribution in [3.8, 4) is 22.6 Å². The summed E-state index contributed by atoms with van der Waals surface area (Å²) in [6, 6.07) is 7.10. The first-order valence-corrected chi connectivity index (χ1v) is 11.8. The Balaban J connectivity index is 1.58. The van der Waals surface area contributed by atoms with Crippen LogP contribution in [-0.2, 0) is 6.18 Å². The molecule has 3 heterocycles. The number of pyridine rings is 2. The quantitative estimate of drug-likeness (QED) is 0.497. The molecule has 0 radical (unpaired) electrons. The summed E-state index contributed by atoms with van der Waals surface area (Å²) < 4.78 is 49.7. The van der Waals surface area contributed by atoms with Crippen molar-refractivity contribution >= 4 is 17.4 Å². The molecule has 12 heteroatoms. The molecule has 9 nitrogen and oxygen atoms in total. The predicted octanol–water partition coefficient (Wildman–Crippen LogP) is 3.47. The van der Waals surface area contributed by atoms with E-state index >= 15 is 0 Å². The number of carbonyl (C=O) groups excluding carboxylic acids is 1. The third kappa shape index (κ3) is 5.44. The van der Waals surface area contributed by atoms with E-state index in [1.165, 1.54) is 38.6 Å².